The molecule has 0 aliphatic rings. The van der Waals surface area contributed by atoms with E-state index in [9.17, 15) is 9.90 Å². The molecule has 194 valence electrons. The van der Waals surface area contributed by atoms with Gasteiger partial charge in [-0.25, -0.2) is 4.98 Å². The molecular formula is C26H34N4O6. The standard InChI is InChI=1S/C26H34N4O6/c1-6-17-9-18(8-16(4)24(17)35-14-21(32)12-27-22(33)13-31)25-29-26(36-30-25)19-10-20(7-15(2)3)28-23(11-19)34-5/h8-11,15,21,31-32H,6-7,12-14H2,1-5H3,(H,27,33). The number of pyridine rings is 1. The van der Waals surface area contributed by atoms with Crippen LogP contribution >= 0.6 is 0 Å². The molecule has 0 radical (unpaired) electrons. The highest BCUT2D eigenvalue weighted by Gasteiger charge is 2.18. The molecule has 1 atom stereocenters. The van der Waals surface area contributed by atoms with Crippen molar-refractivity contribution in [1.82, 2.24) is 20.4 Å². The number of carbonyl (C=O) groups is 1. The smallest absolute Gasteiger partial charge is 0.258 e. The number of aromatic nitrogens is 3. The predicted molar refractivity (Wildman–Crippen MR) is 134 cm³/mol. The minimum absolute atomic E-state index is 0.00611. The lowest BCUT2D eigenvalue weighted by atomic mass is 10.0. The van der Waals surface area contributed by atoms with Crippen molar-refractivity contribution in [3.05, 3.63) is 41.1 Å². The molecule has 0 aliphatic carbocycles. The van der Waals surface area contributed by atoms with Crippen LogP contribution in [0.25, 0.3) is 22.8 Å². The lowest BCUT2D eigenvalue weighted by molar-refractivity contribution is -0.124. The van der Waals surface area contributed by atoms with Crippen LogP contribution in [0.5, 0.6) is 11.6 Å². The van der Waals surface area contributed by atoms with E-state index in [4.69, 9.17) is 19.1 Å². The summed E-state index contributed by atoms with van der Waals surface area (Å²) in [7, 11) is 1.58. The van der Waals surface area contributed by atoms with Crippen LogP contribution in [0.3, 0.4) is 0 Å². The summed E-state index contributed by atoms with van der Waals surface area (Å²) in [4.78, 5) is 20.3. The third-order valence-electron chi connectivity index (χ3n) is 5.44. The summed E-state index contributed by atoms with van der Waals surface area (Å²) >= 11 is 0. The fraction of sp³-hybridized carbons (Fsp3) is 0.462. The summed E-state index contributed by atoms with van der Waals surface area (Å²) in [6.07, 6.45) is 0.572. The molecule has 3 N–H and O–H groups in total. The first kappa shape index (κ1) is 27.1. The lowest BCUT2D eigenvalue weighted by Gasteiger charge is -2.17. The first-order chi connectivity index (χ1) is 17.2. The van der Waals surface area contributed by atoms with Crippen LogP contribution in [0, 0.1) is 12.8 Å². The van der Waals surface area contributed by atoms with Gasteiger partial charge in [-0.15, -0.1) is 0 Å². The number of methoxy groups -OCH3 is 1. The number of aryl methyl sites for hydroxylation is 2. The van der Waals surface area contributed by atoms with Crippen molar-refractivity contribution in [3.63, 3.8) is 0 Å². The summed E-state index contributed by atoms with van der Waals surface area (Å²) in [5.74, 6) is 1.86. The summed E-state index contributed by atoms with van der Waals surface area (Å²) in [6.45, 7) is 7.52. The molecule has 0 saturated heterocycles. The Hall–Kier alpha value is -3.50. The third-order valence-corrected chi connectivity index (χ3v) is 5.44. The van der Waals surface area contributed by atoms with Crippen molar-refractivity contribution in [2.75, 3.05) is 26.9 Å². The largest absolute Gasteiger partial charge is 0.490 e. The highest BCUT2D eigenvalue weighted by Crippen LogP contribution is 2.32. The molecule has 0 bridgehead atoms. The summed E-state index contributed by atoms with van der Waals surface area (Å²) in [5.41, 5.74) is 4.19. The molecule has 0 aliphatic heterocycles. The van der Waals surface area contributed by atoms with Gasteiger partial charge in [0, 0.05) is 29.4 Å². The lowest BCUT2D eigenvalue weighted by Crippen LogP contribution is -2.36. The van der Waals surface area contributed by atoms with Crippen molar-refractivity contribution in [2.45, 2.75) is 46.6 Å². The number of amides is 1. The molecular weight excluding hydrogens is 464 g/mol. The van der Waals surface area contributed by atoms with Crippen LogP contribution in [0.2, 0.25) is 0 Å². The third kappa shape index (κ3) is 7.02. The summed E-state index contributed by atoms with van der Waals surface area (Å²) < 4.78 is 16.8. The molecule has 3 rings (SSSR count). The molecule has 10 heteroatoms. The Morgan fingerprint density at radius 1 is 1.17 bits per heavy atom. The Morgan fingerprint density at radius 2 is 1.94 bits per heavy atom. The van der Waals surface area contributed by atoms with Crippen molar-refractivity contribution in [1.29, 1.82) is 0 Å². The molecule has 10 nitrogen and oxygen atoms in total. The van der Waals surface area contributed by atoms with E-state index < -0.39 is 18.6 Å². The Kier molecular flexibility index (Phi) is 9.38. The van der Waals surface area contributed by atoms with E-state index in [0.717, 1.165) is 34.4 Å². The Bertz CT molecular complexity index is 1180. The summed E-state index contributed by atoms with van der Waals surface area (Å²) in [5, 5.41) is 25.5. The molecule has 1 unspecified atom stereocenters. The van der Waals surface area contributed by atoms with E-state index in [1.807, 2.05) is 32.0 Å². The second kappa shape index (κ2) is 12.5. The van der Waals surface area contributed by atoms with E-state index in [1.54, 1.807) is 13.2 Å². The molecule has 36 heavy (non-hydrogen) atoms. The van der Waals surface area contributed by atoms with Gasteiger partial charge in [0.1, 0.15) is 25.1 Å². The average Bonchev–Trinajstić information content (AvgIpc) is 3.36. The monoisotopic (exact) mass is 498 g/mol. The minimum Gasteiger partial charge on any atom is -0.490 e. The number of hydrogen-bond acceptors (Lipinski definition) is 9. The van der Waals surface area contributed by atoms with Crippen molar-refractivity contribution >= 4 is 5.91 Å². The predicted octanol–water partition coefficient (Wildman–Crippen LogP) is 2.72. The van der Waals surface area contributed by atoms with Gasteiger partial charge in [0.2, 0.25) is 17.6 Å². The van der Waals surface area contributed by atoms with Crippen LogP contribution in [0.15, 0.2) is 28.8 Å². The number of aliphatic hydroxyl groups excluding tert-OH is 2. The maximum atomic E-state index is 11.2. The van der Waals surface area contributed by atoms with Crippen LogP contribution < -0.4 is 14.8 Å². The highest BCUT2D eigenvalue weighted by atomic mass is 16.5. The first-order valence-corrected chi connectivity index (χ1v) is 11.9. The van der Waals surface area contributed by atoms with Gasteiger partial charge in [0.05, 0.1) is 7.11 Å². The van der Waals surface area contributed by atoms with E-state index in [1.165, 1.54) is 0 Å². The zero-order valence-corrected chi connectivity index (χ0v) is 21.4. The molecule has 2 aromatic heterocycles. The number of aliphatic hydroxyl groups is 2. The fourth-order valence-corrected chi connectivity index (χ4v) is 3.74. The Labute approximate surface area is 210 Å². The number of hydrogen-bond donors (Lipinski definition) is 3. The van der Waals surface area contributed by atoms with Gasteiger partial charge in [0.15, 0.2) is 0 Å². The van der Waals surface area contributed by atoms with Gasteiger partial charge in [-0.1, -0.05) is 25.9 Å². The first-order valence-electron chi connectivity index (χ1n) is 11.9. The van der Waals surface area contributed by atoms with Crippen molar-refractivity contribution in [2.24, 2.45) is 5.92 Å². The van der Waals surface area contributed by atoms with E-state index in [-0.39, 0.29) is 13.2 Å². The molecule has 3 aromatic rings. The summed E-state index contributed by atoms with van der Waals surface area (Å²) in [6, 6.07) is 7.55. The van der Waals surface area contributed by atoms with Gasteiger partial charge in [-0.2, -0.15) is 4.98 Å². The maximum Gasteiger partial charge on any atom is 0.258 e. The molecule has 0 saturated carbocycles. The zero-order chi connectivity index (χ0) is 26.2. The normalized spacial score (nSPS) is 12.0. The van der Waals surface area contributed by atoms with Gasteiger partial charge < -0.3 is 29.5 Å². The number of nitrogens with zero attached hydrogens (tertiary/aromatic N) is 3. The average molecular weight is 499 g/mol. The Morgan fingerprint density at radius 3 is 2.61 bits per heavy atom. The number of nitrogens with one attached hydrogen (secondary N) is 1. The molecule has 0 fully saturated rings. The highest BCUT2D eigenvalue weighted by molar-refractivity contribution is 5.76. The van der Waals surface area contributed by atoms with Gasteiger partial charge in [-0.05, 0) is 55.0 Å². The molecule has 1 amide bonds. The fourth-order valence-electron chi connectivity index (χ4n) is 3.74. The van der Waals surface area contributed by atoms with E-state index in [2.05, 4.69) is 34.3 Å². The number of ether oxygens (including phenoxy) is 2. The number of rotatable bonds is 12. The van der Waals surface area contributed by atoms with E-state index in [0.29, 0.717) is 35.7 Å². The van der Waals surface area contributed by atoms with Crippen molar-refractivity contribution < 1.29 is 29.0 Å². The van der Waals surface area contributed by atoms with Crippen molar-refractivity contribution in [3.8, 4) is 34.5 Å². The van der Waals surface area contributed by atoms with Crippen LogP contribution in [0.4, 0.5) is 0 Å². The van der Waals surface area contributed by atoms with Crippen LogP contribution in [-0.2, 0) is 17.6 Å². The second-order valence-corrected chi connectivity index (χ2v) is 8.97. The number of benzene rings is 1. The van der Waals surface area contributed by atoms with Crippen LogP contribution in [0.1, 0.15) is 37.6 Å². The Balaban J connectivity index is 1.81. The quantitative estimate of drug-likeness (QED) is 0.344. The van der Waals surface area contributed by atoms with Gasteiger partial charge >= 0.3 is 0 Å². The molecule has 0 spiro atoms. The zero-order valence-electron chi connectivity index (χ0n) is 21.4. The van der Waals surface area contributed by atoms with Crippen LogP contribution in [-0.4, -0.2) is 64.2 Å². The minimum atomic E-state index is -0.915. The van der Waals surface area contributed by atoms with Gasteiger partial charge in [0.25, 0.3) is 5.89 Å². The SMILES string of the molecule is CCc1cc(-c2noc(-c3cc(CC(C)C)nc(OC)c3)n2)cc(C)c1OCC(O)CNC(=O)CO. The molecule has 1 aromatic carbocycles. The van der Waals surface area contributed by atoms with Gasteiger partial charge in [-0.3, -0.25) is 4.79 Å². The van der Waals surface area contributed by atoms with E-state index >= 15 is 0 Å². The number of carbonyl (C=O) groups excluding carboxylic acids is 1. The molecule has 2 heterocycles. The topological polar surface area (TPSA) is 140 Å². The maximum absolute atomic E-state index is 11.2. The second-order valence-electron chi connectivity index (χ2n) is 8.97.